The molecule has 0 unspecified atom stereocenters. The maximum absolute atomic E-state index is 11.4. The Labute approximate surface area is 273 Å². The van der Waals surface area contributed by atoms with Gasteiger partial charge in [0.1, 0.15) is 11.5 Å². The summed E-state index contributed by atoms with van der Waals surface area (Å²) in [6, 6.07) is 24.1. The number of hydrogen-bond donors (Lipinski definition) is 0. The third-order valence-corrected chi connectivity index (χ3v) is 18.5. The summed E-state index contributed by atoms with van der Waals surface area (Å²) in [5, 5.41) is 4.77. The summed E-state index contributed by atoms with van der Waals surface area (Å²) in [7, 11) is -4.35. The van der Waals surface area contributed by atoms with E-state index in [1.807, 2.05) is 0 Å². The molecule has 0 aliphatic heterocycles. The lowest BCUT2D eigenvalue weighted by atomic mass is 9.91. The molecular weight excluding hydrogens is 589 g/mol. The van der Waals surface area contributed by atoms with E-state index in [2.05, 4.69) is 141 Å². The molecule has 0 radical (unpaired) electrons. The van der Waals surface area contributed by atoms with Gasteiger partial charge in [0.25, 0.3) is 16.6 Å². The number of benzene rings is 4. The number of aryl methyl sites for hydroxylation is 1. The summed E-state index contributed by atoms with van der Waals surface area (Å²) in [4.78, 5) is 11.4. The maximum atomic E-state index is 11.4. The Kier molecular flexibility index (Phi) is 10.1. The van der Waals surface area contributed by atoms with Gasteiger partial charge in [-0.15, -0.1) is 0 Å². The minimum atomic E-state index is -2.18. The molecule has 4 nitrogen and oxygen atoms in total. The maximum Gasteiger partial charge on any atom is 0.330 e. The van der Waals surface area contributed by atoms with Gasteiger partial charge in [0.15, 0.2) is 0 Å². The molecule has 0 aliphatic rings. The van der Waals surface area contributed by atoms with Crippen molar-refractivity contribution in [2.75, 3.05) is 6.61 Å². The van der Waals surface area contributed by atoms with Crippen molar-refractivity contribution in [1.82, 2.24) is 0 Å². The molecule has 4 aromatic rings. The normalized spacial score (nSPS) is 12.8. The molecule has 4 aromatic carbocycles. The van der Waals surface area contributed by atoms with Crippen molar-refractivity contribution in [1.29, 1.82) is 0 Å². The van der Waals surface area contributed by atoms with Crippen LogP contribution in [0, 0.1) is 0 Å². The Bertz CT molecular complexity index is 1690. The molecule has 0 aliphatic carbocycles. The third kappa shape index (κ3) is 7.72. The largest absolute Gasteiger partial charge is 0.543 e. The topological polar surface area (TPSA) is 44.8 Å². The van der Waals surface area contributed by atoms with Crippen LogP contribution in [0.3, 0.4) is 0 Å². The van der Waals surface area contributed by atoms with Crippen LogP contribution in [0.15, 0.2) is 79.4 Å². The van der Waals surface area contributed by atoms with E-state index in [0.29, 0.717) is 6.61 Å². The summed E-state index contributed by atoms with van der Waals surface area (Å²) in [6.07, 6.45) is 3.87. The van der Waals surface area contributed by atoms with Crippen molar-refractivity contribution >= 4 is 44.1 Å². The highest BCUT2D eigenvalue weighted by Crippen LogP contribution is 2.49. The Hall–Kier alpha value is -3.36. The third-order valence-electron chi connectivity index (χ3n) is 9.80. The minimum absolute atomic E-state index is 0.0440. The average Bonchev–Trinajstić information content (AvgIpc) is 2.95. The Morgan fingerprint density at radius 2 is 1.24 bits per heavy atom. The van der Waals surface area contributed by atoms with E-state index < -0.39 is 16.6 Å². The van der Waals surface area contributed by atoms with Gasteiger partial charge in [-0.25, -0.2) is 4.79 Å². The molecule has 240 valence electrons. The molecule has 0 N–H and O–H groups in total. The first-order chi connectivity index (χ1) is 20.9. The second kappa shape index (κ2) is 13.2. The predicted molar refractivity (Wildman–Crippen MR) is 197 cm³/mol. The number of carbonyl (C=O) groups excluding carboxylic acids is 1. The van der Waals surface area contributed by atoms with Crippen LogP contribution in [0.25, 0.3) is 32.7 Å². The van der Waals surface area contributed by atoms with Crippen LogP contribution >= 0.6 is 0 Å². The lowest BCUT2D eigenvalue weighted by molar-refractivity contribution is -0.137. The number of carbonyl (C=O) groups is 1. The number of unbranched alkanes of at least 4 members (excludes halogenated alkanes) is 1. The van der Waals surface area contributed by atoms with Crippen LogP contribution < -0.4 is 8.85 Å². The fraction of sp³-hybridized carbons (Fsp3) is 0.410. The minimum Gasteiger partial charge on any atom is -0.543 e. The molecule has 0 bridgehead atoms. The van der Waals surface area contributed by atoms with Gasteiger partial charge in [0, 0.05) is 17.2 Å². The molecule has 0 atom stereocenters. The second-order valence-electron chi connectivity index (χ2n) is 15.2. The molecular formula is C39H52O4Si2. The molecule has 4 rings (SSSR count). The zero-order valence-corrected chi connectivity index (χ0v) is 31.1. The molecule has 0 saturated heterocycles. The first-order valence-corrected chi connectivity index (χ1v) is 22.0. The van der Waals surface area contributed by atoms with Crippen LogP contribution in [0.1, 0.15) is 59.9 Å². The SMILES string of the molecule is C=CC(=O)OCCCCc1ccc2c(-c3c(O[Si](C)(C)C(C)(C)C)ccc4ccccc34)c(O[Si](C)(C)C(C)(C)C)ccc2c1. The number of hydrogen-bond acceptors (Lipinski definition) is 4. The standard InChI is InChI=1S/C39H52O4Si2/c1-12-35(40)41-26-16-15-17-28-20-23-32-30(27-28)22-25-34(43-45(10,11)39(5,6)7)37(32)36-31-19-14-13-18-29(31)21-24-33(36)42-44(8,9)38(2,3)4/h12-14,18-25,27H,1,15-17,26H2,2-11H3. The Morgan fingerprint density at radius 3 is 1.80 bits per heavy atom. The zero-order valence-electron chi connectivity index (χ0n) is 29.1. The molecule has 6 heteroatoms. The molecule has 0 amide bonds. The summed E-state index contributed by atoms with van der Waals surface area (Å²) in [6.45, 7) is 26.8. The monoisotopic (exact) mass is 640 g/mol. The van der Waals surface area contributed by atoms with Gasteiger partial charge in [-0.05, 0) is 94.8 Å². The lowest BCUT2D eigenvalue weighted by Crippen LogP contribution is -2.44. The van der Waals surface area contributed by atoms with Crippen molar-refractivity contribution in [3.8, 4) is 22.6 Å². The van der Waals surface area contributed by atoms with Gasteiger partial charge in [-0.3, -0.25) is 0 Å². The van der Waals surface area contributed by atoms with Gasteiger partial charge in [0.05, 0.1) is 6.61 Å². The first-order valence-electron chi connectivity index (χ1n) is 16.2. The fourth-order valence-electron chi connectivity index (χ4n) is 4.97. The number of fused-ring (bicyclic) bond motifs is 2. The number of ether oxygens (including phenoxy) is 1. The van der Waals surface area contributed by atoms with Gasteiger partial charge in [-0.2, -0.15) is 0 Å². The van der Waals surface area contributed by atoms with Gasteiger partial charge in [-0.1, -0.05) is 103 Å². The van der Waals surface area contributed by atoms with E-state index in [4.69, 9.17) is 13.6 Å². The van der Waals surface area contributed by atoms with Crippen LogP contribution in [-0.2, 0) is 16.0 Å². The highest BCUT2D eigenvalue weighted by molar-refractivity contribution is 6.75. The molecule has 0 aromatic heterocycles. The zero-order chi connectivity index (χ0) is 33.2. The van der Waals surface area contributed by atoms with E-state index in [0.717, 1.165) is 47.3 Å². The fourth-order valence-corrected chi connectivity index (χ4v) is 7.02. The van der Waals surface area contributed by atoms with E-state index in [1.165, 1.54) is 27.8 Å². The molecule has 0 spiro atoms. The van der Waals surface area contributed by atoms with E-state index in [-0.39, 0.29) is 16.0 Å². The Balaban J connectivity index is 1.91. The van der Waals surface area contributed by atoms with Crippen molar-refractivity contribution in [2.24, 2.45) is 0 Å². The van der Waals surface area contributed by atoms with Gasteiger partial charge in [0.2, 0.25) is 0 Å². The summed E-state index contributed by atoms with van der Waals surface area (Å²) < 4.78 is 19.5. The smallest absolute Gasteiger partial charge is 0.330 e. The second-order valence-corrected chi connectivity index (χ2v) is 24.7. The molecule has 0 heterocycles. The lowest BCUT2D eigenvalue weighted by Gasteiger charge is -2.38. The first kappa shape index (κ1) is 34.5. The molecule has 45 heavy (non-hydrogen) atoms. The van der Waals surface area contributed by atoms with E-state index in [9.17, 15) is 4.79 Å². The van der Waals surface area contributed by atoms with Crippen LogP contribution in [0.5, 0.6) is 11.5 Å². The van der Waals surface area contributed by atoms with Crippen molar-refractivity contribution in [3.63, 3.8) is 0 Å². The average molecular weight is 641 g/mol. The van der Waals surface area contributed by atoms with E-state index >= 15 is 0 Å². The molecule has 0 saturated carbocycles. The van der Waals surface area contributed by atoms with Crippen molar-refractivity contribution in [3.05, 3.63) is 84.9 Å². The van der Waals surface area contributed by atoms with Crippen molar-refractivity contribution in [2.45, 2.75) is 97.1 Å². The highest BCUT2D eigenvalue weighted by Gasteiger charge is 2.41. The van der Waals surface area contributed by atoms with E-state index in [1.54, 1.807) is 0 Å². The number of rotatable bonds is 11. The number of esters is 1. The Morgan fingerprint density at radius 1 is 0.711 bits per heavy atom. The van der Waals surface area contributed by atoms with Crippen LogP contribution in [0.2, 0.25) is 36.3 Å². The molecule has 0 fully saturated rings. The predicted octanol–water partition coefficient (Wildman–Crippen LogP) is 11.5. The van der Waals surface area contributed by atoms with Crippen molar-refractivity contribution < 1.29 is 18.4 Å². The quantitative estimate of drug-likeness (QED) is 0.0708. The highest BCUT2D eigenvalue weighted by atomic mass is 28.4. The van der Waals surface area contributed by atoms with Crippen LogP contribution in [0.4, 0.5) is 0 Å². The van der Waals surface area contributed by atoms with Gasteiger partial charge >= 0.3 is 5.97 Å². The summed E-state index contributed by atoms with van der Waals surface area (Å²) in [5.74, 6) is 1.47. The summed E-state index contributed by atoms with van der Waals surface area (Å²) in [5.41, 5.74) is 3.47. The summed E-state index contributed by atoms with van der Waals surface area (Å²) >= 11 is 0. The van der Waals surface area contributed by atoms with Gasteiger partial charge < -0.3 is 13.6 Å². The van der Waals surface area contributed by atoms with Crippen LogP contribution in [-0.4, -0.2) is 29.2 Å².